The van der Waals surface area contributed by atoms with Gasteiger partial charge in [-0.3, -0.25) is 9.59 Å². The van der Waals surface area contributed by atoms with E-state index >= 15 is 0 Å². The second-order valence-electron chi connectivity index (χ2n) is 4.41. The van der Waals surface area contributed by atoms with E-state index in [1.54, 1.807) is 24.3 Å². The van der Waals surface area contributed by atoms with Crippen molar-refractivity contribution in [2.24, 2.45) is 0 Å². The molecule has 3 heterocycles. The molecule has 2 N–H and O–H groups in total. The molecule has 0 aliphatic rings. The fourth-order valence-corrected chi connectivity index (χ4v) is 3.92. The zero-order chi connectivity index (χ0) is 15.7. The van der Waals surface area contributed by atoms with Crippen LogP contribution in [0, 0.1) is 0 Å². The van der Waals surface area contributed by atoms with E-state index in [1.165, 1.54) is 22.7 Å². The molecule has 0 unspecified atom stereocenters. The summed E-state index contributed by atoms with van der Waals surface area (Å²) in [5.41, 5.74) is -0.701. The SMILES string of the molecule is [B]c1ccc(/C=c2/[nH]c(=O)/c(=C/c3ccc(Br)s3)[nH]c2=O)s1. The first-order chi connectivity index (χ1) is 10.5. The predicted octanol–water partition coefficient (Wildman–Crippen LogP) is 0.400. The van der Waals surface area contributed by atoms with Crippen LogP contribution in [0.25, 0.3) is 12.2 Å². The number of H-pyrrole nitrogens is 2. The van der Waals surface area contributed by atoms with Crippen LogP contribution in [0.1, 0.15) is 9.75 Å². The van der Waals surface area contributed by atoms with Crippen LogP contribution in [0.3, 0.4) is 0 Å². The number of hydrogen-bond acceptors (Lipinski definition) is 4. The molecule has 2 radical (unpaired) electrons. The summed E-state index contributed by atoms with van der Waals surface area (Å²) in [5.74, 6) is 0. The van der Waals surface area contributed by atoms with E-state index in [0.29, 0.717) is 4.78 Å². The molecule has 0 aliphatic carbocycles. The Hall–Kier alpha value is -1.64. The molecule has 3 aromatic heterocycles. The molecule has 8 heteroatoms. The molecule has 0 atom stereocenters. The highest BCUT2D eigenvalue weighted by Crippen LogP contribution is 2.22. The highest BCUT2D eigenvalue weighted by Gasteiger charge is 1.99. The molecular weight excluding hydrogens is 383 g/mol. The van der Waals surface area contributed by atoms with Crippen molar-refractivity contribution in [2.45, 2.75) is 0 Å². The molecule has 0 spiro atoms. The van der Waals surface area contributed by atoms with Gasteiger partial charge in [-0.25, -0.2) is 0 Å². The van der Waals surface area contributed by atoms with Gasteiger partial charge in [-0.15, -0.1) is 11.3 Å². The quantitative estimate of drug-likeness (QED) is 0.622. The van der Waals surface area contributed by atoms with Gasteiger partial charge in [0.15, 0.2) is 0 Å². The molecule has 3 rings (SSSR count). The smallest absolute Gasteiger partial charge is 0.272 e. The van der Waals surface area contributed by atoms with E-state index in [1.807, 2.05) is 12.1 Å². The number of aromatic amines is 2. The summed E-state index contributed by atoms with van der Waals surface area (Å²) < 4.78 is 1.61. The van der Waals surface area contributed by atoms with E-state index in [-0.39, 0.29) is 21.8 Å². The van der Waals surface area contributed by atoms with Crippen molar-refractivity contribution in [3.05, 3.63) is 69.2 Å². The van der Waals surface area contributed by atoms with Gasteiger partial charge in [0, 0.05) is 9.75 Å². The Morgan fingerprint density at radius 2 is 1.45 bits per heavy atom. The summed E-state index contributed by atoms with van der Waals surface area (Å²) in [7, 11) is 5.65. The second-order valence-corrected chi connectivity index (χ2v) is 8.05. The van der Waals surface area contributed by atoms with Gasteiger partial charge in [0.1, 0.15) is 18.5 Å². The van der Waals surface area contributed by atoms with Gasteiger partial charge in [-0.1, -0.05) is 6.07 Å². The Labute approximate surface area is 142 Å². The van der Waals surface area contributed by atoms with Crippen LogP contribution in [0.4, 0.5) is 0 Å². The topological polar surface area (TPSA) is 65.7 Å². The third-order valence-electron chi connectivity index (χ3n) is 2.80. The van der Waals surface area contributed by atoms with E-state index in [4.69, 9.17) is 7.85 Å². The van der Waals surface area contributed by atoms with Gasteiger partial charge in [0.2, 0.25) is 0 Å². The predicted molar refractivity (Wildman–Crippen MR) is 95.8 cm³/mol. The van der Waals surface area contributed by atoms with Crippen molar-refractivity contribution in [2.75, 3.05) is 0 Å². The van der Waals surface area contributed by atoms with Crippen LogP contribution < -0.4 is 26.6 Å². The van der Waals surface area contributed by atoms with Gasteiger partial charge < -0.3 is 9.97 Å². The molecule has 0 fully saturated rings. The van der Waals surface area contributed by atoms with Gasteiger partial charge in [-0.05, 0) is 51.1 Å². The monoisotopic (exact) mass is 390 g/mol. The number of thiophene rings is 2. The third kappa shape index (κ3) is 3.40. The Balaban J connectivity index is 2.13. The van der Waals surface area contributed by atoms with Crippen LogP contribution in [0.5, 0.6) is 0 Å². The number of nitrogens with one attached hydrogen (secondary N) is 2. The fraction of sp³-hybridized carbons (Fsp3) is 0. The summed E-state index contributed by atoms with van der Waals surface area (Å²) in [4.78, 5) is 31.1. The average molecular weight is 391 g/mol. The van der Waals surface area contributed by atoms with Gasteiger partial charge in [0.25, 0.3) is 11.1 Å². The molecule has 0 aromatic carbocycles. The maximum atomic E-state index is 12.1. The Morgan fingerprint density at radius 3 is 1.91 bits per heavy atom. The molecule has 0 amide bonds. The van der Waals surface area contributed by atoms with Crippen LogP contribution in [-0.2, 0) is 0 Å². The molecule has 0 aliphatic heterocycles. The zero-order valence-electron chi connectivity index (χ0n) is 11.1. The number of aromatic nitrogens is 2. The van der Waals surface area contributed by atoms with Crippen LogP contribution >= 0.6 is 38.6 Å². The minimum Gasteiger partial charge on any atom is -0.316 e. The number of rotatable bonds is 2. The lowest BCUT2D eigenvalue weighted by atomic mass is 10.1. The molecule has 0 bridgehead atoms. The molecule has 4 nitrogen and oxygen atoms in total. The maximum absolute atomic E-state index is 12.1. The van der Waals surface area contributed by atoms with Crippen molar-refractivity contribution in [1.82, 2.24) is 9.97 Å². The lowest BCUT2D eigenvalue weighted by Crippen LogP contribution is -2.46. The summed E-state index contributed by atoms with van der Waals surface area (Å²) >= 11 is 6.17. The zero-order valence-corrected chi connectivity index (χ0v) is 14.3. The summed E-state index contributed by atoms with van der Waals surface area (Å²) in [6, 6.07) is 7.29. The van der Waals surface area contributed by atoms with E-state index < -0.39 is 0 Å². The van der Waals surface area contributed by atoms with Gasteiger partial charge in [-0.2, -0.15) is 11.3 Å². The number of halogens is 1. The van der Waals surface area contributed by atoms with Crippen LogP contribution in [0.2, 0.25) is 0 Å². The summed E-state index contributed by atoms with van der Waals surface area (Å²) in [6.45, 7) is 0. The minimum atomic E-state index is -0.353. The first kappa shape index (κ1) is 15.3. The van der Waals surface area contributed by atoms with Crippen molar-refractivity contribution in [3.8, 4) is 0 Å². The highest BCUT2D eigenvalue weighted by molar-refractivity contribution is 9.11. The molecule has 0 saturated carbocycles. The van der Waals surface area contributed by atoms with Crippen molar-refractivity contribution < 1.29 is 0 Å². The van der Waals surface area contributed by atoms with Crippen LogP contribution in [-0.4, -0.2) is 17.8 Å². The highest BCUT2D eigenvalue weighted by atomic mass is 79.9. The Morgan fingerprint density at radius 1 is 0.909 bits per heavy atom. The molecule has 22 heavy (non-hydrogen) atoms. The largest absolute Gasteiger partial charge is 0.316 e. The average Bonchev–Trinajstić information content (AvgIpc) is 3.04. The van der Waals surface area contributed by atoms with Crippen molar-refractivity contribution in [1.29, 1.82) is 0 Å². The maximum Gasteiger partial charge on any atom is 0.272 e. The lowest BCUT2D eigenvalue weighted by molar-refractivity contribution is 1.00. The normalized spacial score (nSPS) is 13.0. The molecular formula is C14H8BBrN2O2S2. The Kier molecular flexibility index (Phi) is 4.33. The second kappa shape index (κ2) is 6.24. The molecule has 0 saturated heterocycles. The standard InChI is InChI=1S/C14H8BBrN2O2S2/c15-11-3-1-7(21-11)5-9-13(19)18-10(14(20)17-9)6-8-2-4-12(16)22-8/h1-6H,(H,17,20)(H,18,19)/b9-5+,10-6-. The number of hydrogen-bond donors (Lipinski definition) is 2. The summed E-state index contributed by atoms with van der Waals surface area (Å²) in [5, 5.41) is 0.429. The van der Waals surface area contributed by atoms with Gasteiger partial charge >= 0.3 is 0 Å². The van der Waals surface area contributed by atoms with E-state index in [9.17, 15) is 9.59 Å². The minimum absolute atomic E-state index is 0.205. The van der Waals surface area contributed by atoms with Crippen molar-refractivity contribution in [3.63, 3.8) is 0 Å². The van der Waals surface area contributed by atoms with E-state index in [0.717, 1.165) is 13.5 Å². The molecule has 108 valence electrons. The van der Waals surface area contributed by atoms with Crippen molar-refractivity contribution >= 4 is 63.4 Å². The van der Waals surface area contributed by atoms with Gasteiger partial charge in [0.05, 0.1) is 3.79 Å². The third-order valence-corrected chi connectivity index (χ3v) is 5.23. The first-order valence-corrected chi connectivity index (χ1v) is 8.60. The van der Waals surface area contributed by atoms with E-state index in [2.05, 4.69) is 25.9 Å². The summed E-state index contributed by atoms with van der Waals surface area (Å²) in [6.07, 6.45) is 3.25. The van der Waals surface area contributed by atoms with Crippen LogP contribution in [0.15, 0.2) is 37.6 Å². The Bertz CT molecular complexity index is 975. The molecule has 3 aromatic rings. The first-order valence-electron chi connectivity index (χ1n) is 6.18. The lowest BCUT2D eigenvalue weighted by Gasteiger charge is -1.90. The fourth-order valence-electron chi connectivity index (χ4n) is 1.83.